The number of carbonyl (C=O) groups is 1. The Labute approximate surface area is 224 Å². The maximum Gasteiger partial charge on any atom is 0.460 e. The third kappa shape index (κ3) is 7.28. The average molecular weight is 688 g/mol. The van der Waals surface area contributed by atoms with Gasteiger partial charge in [-0.3, -0.25) is 4.79 Å². The lowest BCUT2D eigenvalue weighted by atomic mass is 9.91. The first-order valence-corrected chi connectivity index (χ1v) is 13.3. The highest BCUT2D eigenvalue weighted by Gasteiger charge is 2.95. The number of halogens is 17. The fourth-order valence-electron chi connectivity index (χ4n) is 1.90. The van der Waals surface area contributed by atoms with E-state index < -0.39 is 57.1 Å². The molecule has 0 aliphatic heterocycles. The van der Waals surface area contributed by atoms with Crippen molar-refractivity contribution in [2.75, 3.05) is 12.0 Å². The van der Waals surface area contributed by atoms with Crippen LogP contribution in [0.4, 0.5) is 74.6 Å². The fraction of sp³-hybridized carbons (Fsp3) is 0.944. The van der Waals surface area contributed by atoms with Crippen LogP contribution in [0.5, 0.6) is 0 Å². The molecule has 4 nitrogen and oxygen atoms in total. The highest BCUT2D eigenvalue weighted by atomic mass is 32.2. The van der Waals surface area contributed by atoms with E-state index in [4.69, 9.17) is 0 Å². The summed E-state index contributed by atoms with van der Waals surface area (Å²) in [6.07, 6.45) is -5.71. The van der Waals surface area contributed by atoms with Crippen LogP contribution in [0.25, 0.3) is 0 Å². The molecule has 41 heavy (non-hydrogen) atoms. The monoisotopic (exact) mass is 688 g/mol. The molecular weight excluding hydrogens is 667 g/mol. The summed E-state index contributed by atoms with van der Waals surface area (Å²) in [5, 5.41) is -7.95. The van der Waals surface area contributed by atoms with Gasteiger partial charge < -0.3 is 4.55 Å². The second-order valence-corrected chi connectivity index (χ2v) is 13.6. The van der Waals surface area contributed by atoms with Crippen molar-refractivity contribution in [3.63, 3.8) is 0 Å². The Morgan fingerprint density at radius 3 is 1.12 bits per heavy atom. The van der Waals surface area contributed by atoms with Crippen LogP contribution < -0.4 is 0 Å². The third-order valence-electron chi connectivity index (χ3n) is 5.06. The van der Waals surface area contributed by atoms with Crippen LogP contribution in [-0.2, 0) is 25.8 Å². The Morgan fingerprint density at radius 2 is 0.902 bits per heavy atom. The molecule has 0 aliphatic rings. The molecule has 23 heteroatoms. The van der Waals surface area contributed by atoms with Gasteiger partial charge in [0.1, 0.15) is 4.75 Å². The first-order chi connectivity index (χ1) is 17.2. The highest BCUT2D eigenvalue weighted by Crippen LogP contribution is 2.64. The molecule has 0 radical (unpaired) electrons. The van der Waals surface area contributed by atoms with Gasteiger partial charge in [-0.05, 0) is 31.7 Å². The standard InChI is InChI=1S/C10H21OS.C8HF17O3S/c1-8(2)9(11)7-12(6)10(3,4)5;9-1(10,3(13,14)5(17,18)7(21,22)23)2(11,12)4(15,16)6(19,20)8(24,25)29(26,27)28/h8H,7H2,1-6H3;(H,26,27,28)/q+1;/p-1. The summed E-state index contributed by atoms with van der Waals surface area (Å²) in [5.74, 6) is -50.8. The van der Waals surface area contributed by atoms with Crippen molar-refractivity contribution in [2.24, 2.45) is 5.92 Å². The molecule has 0 rings (SSSR count). The van der Waals surface area contributed by atoms with Crippen LogP contribution in [0.15, 0.2) is 0 Å². The SMILES string of the molecule is CC(C)C(=O)C[S+](C)C(C)(C)C.O=S(=O)([O-])C(F)(F)C(F)(F)C(F)(F)C(F)(F)C(F)(F)C(F)(F)C(F)(F)C(F)(F)F. The quantitative estimate of drug-likeness (QED) is 0.145. The Morgan fingerprint density at radius 1 is 0.634 bits per heavy atom. The minimum Gasteiger partial charge on any atom is -0.743 e. The van der Waals surface area contributed by atoms with Gasteiger partial charge in [-0.1, -0.05) is 13.8 Å². The maximum atomic E-state index is 13.0. The van der Waals surface area contributed by atoms with Crippen molar-refractivity contribution in [1.29, 1.82) is 0 Å². The van der Waals surface area contributed by atoms with Crippen molar-refractivity contribution >= 4 is 26.8 Å². The van der Waals surface area contributed by atoms with E-state index in [9.17, 15) is 92.4 Å². The molecule has 0 saturated heterocycles. The summed E-state index contributed by atoms with van der Waals surface area (Å²) in [6, 6.07) is 0. The van der Waals surface area contributed by atoms with Crippen molar-refractivity contribution in [2.45, 2.75) is 86.3 Å². The summed E-state index contributed by atoms with van der Waals surface area (Å²) in [7, 11) is -7.93. The predicted octanol–water partition coefficient (Wildman–Crippen LogP) is 6.76. The first kappa shape index (κ1) is 41.9. The van der Waals surface area contributed by atoms with Gasteiger partial charge in [0.15, 0.2) is 21.7 Å². The Bertz CT molecular complexity index is 1030. The summed E-state index contributed by atoms with van der Waals surface area (Å²) < 4.78 is 244. The molecule has 0 bridgehead atoms. The van der Waals surface area contributed by atoms with E-state index in [1.165, 1.54) is 0 Å². The van der Waals surface area contributed by atoms with E-state index >= 15 is 0 Å². The van der Waals surface area contributed by atoms with Crippen molar-refractivity contribution < 1.29 is 92.4 Å². The van der Waals surface area contributed by atoms with Gasteiger partial charge in [0.05, 0.1) is 6.26 Å². The van der Waals surface area contributed by atoms with Gasteiger partial charge in [0.25, 0.3) is 0 Å². The second-order valence-electron chi connectivity index (χ2n) is 9.43. The normalized spacial score (nSPS) is 16.3. The summed E-state index contributed by atoms with van der Waals surface area (Å²) in [4.78, 5) is 11.4. The van der Waals surface area contributed by atoms with Crippen molar-refractivity contribution in [1.82, 2.24) is 0 Å². The topological polar surface area (TPSA) is 74.3 Å². The van der Waals surface area contributed by atoms with E-state index in [1.54, 1.807) is 0 Å². The van der Waals surface area contributed by atoms with E-state index in [0.717, 1.165) is 5.75 Å². The molecule has 0 heterocycles. The second kappa shape index (κ2) is 11.7. The largest absolute Gasteiger partial charge is 0.743 e. The Balaban J connectivity index is 0. The van der Waals surface area contributed by atoms with Crippen LogP contribution in [-0.4, -0.2) is 82.5 Å². The molecular formula is C18H21F17O4S2. The third-order valence-corrected chi connectivity index (χ3v) is 8.75. The van der Waals surface area contributed by atoms with Crippen molar-refractivity contribution in [3.8, 4) is 0 Å². The van der Waals surface area contributed by atoms with Gasteiger partial charge in [-0.25, -0.2) is 8.42 Å². The molecule has 0 saturated carbocycles. The van der Waals surface area contributed by atoms with Crippen LogP contribution in [0.3, 0.4) is 0 Å². The number of rotatable bonds is 10. The molecule has 0 fully saturated rings. The van der Waals surface area contributed by atoms with E-state index in [0.29, 0.717) is 5.78 Å². The molecule has 0 spiro atoms. The molecule has 0 N–H and O–H groups in total. The Hall–Kier alpha value is -1.26. The number of ketones is 1. The fourth-order valence-corrected chi connectivity index (χ4v) is 3.54. The molecule has 0 amide bonds. The minimum absolute atomic E-state index is 0.197. The molecule has 0 aromatic carbocycles. The first-order valence-electron chi connectivity index (χ1n) is 10.1. The summed E-state index contributed by atoms with van der Waals surface area (Å²) >= 11 is 0. The molecule has 248 valence electrons. The number of alkyl halides is 17. The molecule has 0 aromatic heterocycles. The number of hydrogen-bond acceptors (Lipinski definition) is 4. The zero-order chi connectivity index (χ0) is 34.4. The Kier molecular flexibility index (Phi) is 11.9. The van der Waals surface area contributed by atoms with Gasteiger partial charge >= 0.3 is 47.0 Å². The lowest BCUT2D eigenvalue weighted by Crippen LogP contribution is -2.75. The van der Waals surface area contributed by atoms with E-state index in [2.05, 4.69) is 27.0 Å². The molecule has 0 aromatic rings. The van der Waals surface area contributed by atoms with Crippen LogP contribution >= 0.6 is 0 Å². The van der Waals surface area contributed by atoms with E-state index in [-0.39, 0.29) is 21.6 Å². The number of carbonyl (C=O) groups excluding carboxylic acids is 1. The summed E-state index contributed by atoms with van der Waals surface area (Å²) in [5.41, 5.74) is 0. The summed E-state index contributed by atoms with van der Waals surface area (Å²) in [6.45, 7) is 10.5. The number of hydrogen-bond donors (Lipinski definition) is 0. The zero-order valence-corrected chi connectivity index (χ0v) is 22.8. The average Bonchev–Trinajstić information content (AvgIpc) is 2.70. The lowest BCUT2D eigenvalue weighted by molar-refractivity contribution is -0.458. The predicted molar refractivity (Wildman–Crippen MR) is 108 cm³/mol. The lowest BCUT2D eigenvalue weighted by Gasteiger charge is -2.42. The van der Waals surface area contributed by atoms with Gasteiger partial charge in [-0.15, -0.1) is 0 Å². The highest BCUT2D eigenvalue weighted by molar-refractivity contribution is 7.98. The van der Waals surface area contributed by atoms with Crippen LogP contribution in [0.1, 0.15) is 34.6 Å². The molecule has 0 aliphatic carbocycles. The molecule has 1 atom stereocenters. The molecule has 1 unspecified atom stereocenters. The zero-order valence-electron chi connectivity index (χ0n) is 21.2. The van der Waals surface area contributed by atoms with Crippen LogP contribution in [0.2, 0.25) is 0 Å². The minimum atomic E-state index is -8.92. The van der Waals surface area contributed by atoms with Crippen LogP contribution in [0, 0.1) is 5.92 Å². The smallest absolute Gasteiger partial charge is 0.460 e. The van der Waals surface area contributed by atoms with E-state index in [1.807, 2.05) is 13.8 Å². The van der Waals surface area contributed by atoms with Gasteiger partial charge in [0.2, 0.25) is 0 Å². The van der Waals surface area contributed by atoms with Gasteiger partial charge in [-0.2, -0.15) is 74.6 Å². The number of Topliss-reactive ketones (excluding diaryl/α,β-unsaturated/α-hetero) is 1. The van der Waals surface area contributed by atoms with Crippen molar-refractivity contribution in [3.05, 3.63) is 0 Å². The maximum absolute atomic E-state index is 13.0. The van der Waals surface area contributed by atoms with Gasteiger partial charge in [0, 0.05) is 5.92 Å².